The standard InChI is InChI=1S/C21H21FN4O3/c1-28-12-16-7-10-18(20(23)26-16)21(27)24-11-14-5-8-17(9-6-14)29-13-15-3-2-4-19(22)25-15/h2-10H,11-13H2,1H3,(H2,23,26)(H,24,27). The molecule has 0 fully saturated rings. The van der Waals surface area contributed by atoms with Crippen LogP contribution in [0, 0.1) is 5.95 Å². The van der Waals surface area contributed by atoms with Gasteiger partial charge in [0.1, 0.15) is 18.2 Å². The number of hydrogen-bond donors (Lipinski definition) is 2. The summed E-state index contributed by atoms with van der Waals surface area (Å²) in [6.07, 6.45) is 0. The van der Waals surface area contributed by atoms with Gasteiger partial charge in [0.05, 0.1) is 23.6 Å². The first-order valence-electron chi connectivity index (χ1n) is 8.91. The average Bonchev–Trinajstić information content (AvgIpc) is 2.72. The molecule has 0 unspecified atom stereocenters. The number of pyridine rings is 2. The molecule has 0 atom stereocenters. The molecule has 0 radical (unpaired) electrons. The lowest BCUT2D eigenvalue weighted by atomic mass is 10.2. The van der Waals surface area contributed by atoms with E-state index in [4.69, 9.17) is 15.2 Å². The van der Waals surface area contributed by atoms with E-state index in [1.54, 1.807) is 43.5 Å². The molecule has 1 aromatic carbocycles. The number of halogens is 1. The number of carbonyl (C=O) groups is 1. The molecule has 29 heavy (non-hydrogen) atoms. The second-order valence-electron chi connectivity index (χ2n) is 6.24. The highest BCUT2D eigenvalue weighted by molar-refractivity contribution is 5.98. The molecule has 0 aliphatic heterocycles. The molecular formula is C21H21FN4O3. The van der Waals surface area contributed by atoms with Crippen molar-refractivity contribution in [1.29, 1.82) is 0 Å². The summed E-state index contributed by atoms with van der Waals surface area (Å²) in [4.78, 5) is 20.2. The lowest BCUT2D eigenvalue weighted by Crippen LogP contribution is -2.24. The predicted molar refractivity (Wildman–Crippen MR) is 106 cm³/mol. The van der Waals surface area contributed by atoms with E-state index < -0.39 is 5.95 Å². The molecule has 0 saturated heterocycles. The van der Waals surface area contributed by atoms with Crippen molar-refractivity contribution >= 4 is 11.7 Å². The Hall–Kier alpha value is -3.52. The Balaban J connectivity index is 1.52. The molecule has 3 aromatic rings. The van der Waals surface area contributed by atoms with Gasteiger partial charge in [-0.3, -0.25) is 4.79 Å². The summed E-state index contributed by atoms with van der Waals surface area (Å²) in [5, 5.41) is 2.81. The third-order valence-corrected chi connectivity index (χ3v) is 4.06. The Morgan fingerprint density at radius 2 is 1.79 bits per heavy atom. The minimum atomic E-state index is -0.540. The Bertz CT molecular complexity index is 980. The number of nitrogens with two attached hydrogens (primary N) is 1. The van der Waals surface area contributed by atoms with Crippen molar-refractivity contribution in [3.05, 3.63) is 83.1 Å². The van der Waals surface area contributed by atoms with Gasteiger partial charge in [0, 0.05) is 13.7 Å². The van der Waals surface area contributed by atoms with E-state index in [2.05, 4.69) is 15.3 Å². The summed E-state index contributed by atoms with van der Waals surface area (Å²) >= 11 is 0. The zero-order valence-electron chi connectivity index (χ0n) is 15.9. The van der Waals surface area contributed by atoms with E-state index in [-0.39, 0.29) is 18.3 Å². The SMILES string of the molecule is COCc1ccc(C(=O)NCc2ccc(OCc3cccc(F)n3)cc2)c(N)n1. The van der Waals surface area contributed by atoms with Crippen LogP contribution in [0.25, 0.3) is 0 Å². The first-order valence-corrected chi connectivity index (χ1v) is 8.91. The minimum Gasteiger partial charge on any atom is -0.487 e. The van der Waals surface area contributed by atoms with E-state index in [1.165, 1.54) is 6.07 Å². The number of amides is 1. The summed E-state index contributed by atoms with van der Waals surface area (Å²) < 4.78 is 23.7. The summed E-state index contributed by atoms with van der Waals surface area (Å²) in [5.74, 6) is -0.0714. The van der Waals surface area contributed by atoms with E-state index in [9.17, 15) is 9.18 Å². The molecule has 0 aliphatic rings. The van der Waals surface area contributed by atoms with Crippen LogP contribution < -0.4 is 15.8 Å². The molecule has 2 heterocycles. The van der Waals surface area contributed by atoms with E-state index in [0.29, 0.717) is 35.9 Å². The molecule has 150 valence electrons. The zero-order chi connectivity index (χ0) is 20.6. The number of ether oxygens (including phenoxy) is 2. The lowest BCUT2D eigenvalue weighted by molar-refractivity contribution is 0.0951. The van der Waals surface area contributed by atoms with Crippen molar-refractivity contribution in [3.63, 3.8) is 0 Å². The maximum Gasteiger partial charge on any atom is 0.255 e. The van der Waals surface area contributed by atoms with Crippen LogP contribution >= 0.6 is 0 Å². The smallest absolute Gasteiger partial charge is 0.255 e. The Morgan fingerprint density at radius 1 is 1.03 bits per heavy atom. The summed E-state index contributed by atoms with van der Waals surface area (Å²) in [6.45, 7) is 0.818. The maximum atomic E-state index is 13.1. The molecule has 0 aliphatic carbocycles. The highest BCUT2D eigenvalue weighted by atomic mass is 19.1. The largest absolute Gasteiger partial charge is 0.487 e. The number of nitrogens with one attached hydrogen (secondary N) is 1. The highest BCUT2D eigenvalue weighted by Gasteiger charge is 2.11. The van der Waals surface area contributed by atoms with Gasteiger partial charge in [0.2, 0.25) is 5.95 Å². The predicted octanol–water partition coefficient (Wildman–Crippen LogP) is 2.85. The summed E-state index contributed by atoms with van der Waals surface area (Å²) in [7, 11) is 1.56. The zero-order valence-corrected chi connectivity index (χ0v) is 15.9. The first kappa shape index (κ1) is 20.2. The van der Waals surface area contributed by atoms with Crippen LogP contribution in [0.5, 0.6) is 5.75 Å². The van der Waals surface area contributed by atoms with Crippen LogP contribution in [0.2, 0.25) is 0 Å². The second kappa shape index (κ2) is 9.61. The summed E-state index contributed by atoms with van der Waals surface area (Å²) in [5.41, 5.74) is 8.22. The molecular weight excluding hydrogens is 375 g/mol. The van der Waals surface area contributed by atoms with E-state index in [0.717, 1.165) is 5.56 Å². The number of rotatable bonds is 8. The normalized spacial score (nSPS) is 10.6. The number of nitrogen functional groups attached to an aromatic ring is 1. The molecule has 0 spiro atoms. The van der Waals surface area contributed by atoms with Gasteiger partial charge in [0.25, 0.3) is 5.91 Å². The third kappa shape index (κ3) is 5.73. The van der Waals surface area contributed by atoms with Gasteiger partial charge >= 0.3 is 0 Å². The fourth-order valence-electron chi connectivity index (χ4n) is 2.61. The van der Waals surface area contributed by atoms with Gasteiger partial charge in [0.15, 0.2) is 0 Å². The van der Waals surface area contributed by atoms with Gasteiger partial charge in [-0.25, -0.2) is 9.97 Å². The fourth-order valence-corrected chi connectivity index (χ4v) is 2.61. The number of methoxy groups -OCH3 is 1. The Morgan fingerprint density at radius 3 is 2.48 bits per heavy atom. The van der Waals surface area contributed by atoms with Crippen LogP contribution in [0.15, 0.2) is 54.6 Å². The fraction of sp³-hybridized carbons (Fsp3) is 0.190. The lowest BCUT2D eigenvalue weighted by Gasteiger charge is -2.10. The molecule has 3 rings (SSSR count). The maximum absolute atomic E-state index is 13.1. The molecule has 8 heteroatoms. The van der Waals surface area contributed by atoms with Crippen LogP contribution in [0.3, 0.4) is 0 Å². The summed E-state index contributed by atoms with van der Waals surface area (Å²) in [6, 6.07) is 15.1. The van der Waals surface area contributed by atoms with Crippen molar-refractivity contribution in [2.24, 2.45) is 0 Å². The number of nitrogens with zero attached hydrogens (tertiary/aromatic N) is 2. The number of carbonyl (C=O) groups excluding carboxylic acids is 1. The second-order valence-corrected chi connectivity index (χ2v) is 6.24. The van der Waals surface area contributed by atoms with Crippen molar-refractivity contribution in [2.45, 2.75) is 19.8 Å². The molecule has 0 saturated carbocycles. The number of benzene rings is 1. The van der Waals surface area contributed by atoms with Crippen LogP contribution in [-0.2, 0) is 24.5 Å². The Kier molecular flexibility index (Phi) is 6.70. The van der Waals surface area contributed by atoms with Gasteiger partial charge < -0.3 is 20.5 Å². The molecule has 0 bridgehead atoms. The number of aromatic nitrogens is 2. The monoisotopic (exact) mass is 396 g/mol. The van der Waals surface area contributed by atoms with Crippen LogP contribution in [0.1, 0.15) is 27.3 Å². The van der Waals surface area contributed by atoms with Crippen molar-refractivity contribution < 1.29 is 18.7 Å². The minimum absolute atomic E-state index is 0.159. The highest BCUT2D eigenvalue weighted by Crippen LogP contribution is 2.15. The molecule has 3 N–H and O–H groups in total. The van der Waals surface area contributed by atoms with Crippen molar-refractivity contribution in [2.75, 3.05) is 12.8 Å². The Labute approximate surface area is 167 Å². The number of hydrogen-bond acceptors (Lipinski definition) is 6. The van der Waals surface area contributed by atoms with Gasteiger partial charge in [-0.2, -0.15) is 4.39 Å². The molecule has 2 aromatic heterocycles. The molecule has 7 nitrogen and oxygen atoms in total. The third-order valence-electron chi connectivity index (χ3n) is 4.06. The van der Waals surface area contributed by atoms with E-state index >= 15 is 0 Å². The number of anilines is 1. The van der Waals surface area contributed by atoms with Crippen LogP contribution in [0.4, 0.5) is 10.2 Å². The average molecular weight is 396 g/mol. The molecule has 1 amide bonds. The first-order chi connectivity index (χ1) is 14.0. The van der Waals surface area contributed by atoms with Gasteiger partial charge in [-0.05, 0) is 42.0 Å². The van der Waals surface area contributed by atoms with Gasteiger partial charge in [-0.1, -0.05) is 18.2 Å². The topological polar surface area (TPSA) is 99.4 Å². The van der Waals surface area contributed by atoms with Crippen molar-refractivity contribution in [1.82, 2.24) is 15.3 Å². The van der Waals surface area contributed by atoms with Gasteiger partial charge in [-0.15, -0.1) is 0 Å². The quantitative estimate of drug-likeness (QED) is 0.568. The van der Waals surface area contributed by atoms with E-state index in [1.807, 2.05) is 12.1 Å². The van der Waals surface area contributed by atoms with Crippen LogP contribution in [-0.4, -0.2) is 23.0 Å². The van der Waals surface area contributed by atoms with Crippen molar-refractivity contribution in [3.8, 4) is 5.75 Å².